The van der Waals surface area contributed by atoms with Gasteiger partial charge in [0, 0.05) is 17.7 Å². The maximum Gasteiger partial charge on any atom is 0.213 e. The lowest BCUT2D eigenvalue weighted by Gasteiger charge is -2.11. The van der Waals surface area contributed by atoms with Gasteiger partial charge in [0.2, 0.25) is 11.0 Å². The van der Waals surface area contributed by atoms with Crippen LogP contribution in [-0.4, -0.2) is 6.61 Å². The van der Waals surface area contributed by atoms with E-state index in [9.17, 15) is 0 Å². The topological polar surface area (TPSA) is 13.1 Å². The van der Waals surface area contributed by atoms with Crippen LogP contribution in [0.3, 0.4) is 0 Å². The lowest BCUT2D eigenvalue weighted by atomic mass is 9.96. The molecule has 3 aromatic carbocycles. The van der Waals surface area contributed by atoms with Crippen molar-refractivity contribution in [3.05, 3.63) is 72.8 Å². The molecule has 28 heavy (non-hydrogen) atoms. The standard InChI is InChI=1S/C26H28NO/c1-3-4-5-10-19-28-21-17-15-20(16-18-21)26-22-11-6-8-13-24(22)27(2)25-14-9-7-12-23(25)26/h6-9,11-18H,3-5,10,19H2,1-2H3/q+1. The first-order valence-electron chi connectivity index (χ1n) is 10.3. The molecule has 0 aliphatic carbocycles. The van der Waals surface area contributed by atoms with Gasteiger partial charge in [-0.3, -0.25) is 0 Å². The van der Waals surface area contributed by atoms with Gasteiger partial charge in [-0.15, -0.1) is 0 Å². The number of aryl methyl sites for hydroxylation is 1. The van der Waals surface area contributed by atoms with Crippen molar-refractivity contribution < 1.29 is 9.30 Å². The molecule has 0 atom stereocenters. The van der Waals surface area contributed by atoms with Crippen molar-refractivity contribution in [2.75, 3.05) is 6.61 Å². The summed E-state index contributed by atoms with van der Waals surface area (Å²) in [5.74, 6) is 0.954. The average molecular weight is 371 g/mol. The number of hydrogen-bond donors (Lipinski definition) is 0. The molecule has 0 bridgehead atoms. The Morgan fingerprint density at radius 2 is 1.32 bits per heavy atom. The quantitative estimate of drug-likeness (QED) is 0.207. The number of nitrogens with zero attached hydrogens (tertiary/aromatic N) is 1. The molecule has 1 heterocycles. The van der Waals surface area contributed by atoms with Crippen molar-refractivity contribution in [1.82, 2.24) is 0 Å². The summed E-state index contributed by atoms with van der Waals surface area (Å²) < 4.78 is 8.21. The predicted molar refractivity (Wildman–Crippen MR) is 118 cm³/mol. The van der Waals surface area contributed by atoms with Crippen molar-refractivity contribution in [3.8, 4) is 16.9 Å². The van der Waals surface area contributed by atoms with E-state index in [-0.39, 0.29) is 0 Å². The first-order valence-corrected chi connectivity index (χ1v) is 10.3. The Morgan fingerprint density at radius 1 is 0.714 bits per heavy atom. The number of benzene rings is 3. The van der Waals surface area contributed by atoms with Gasteiger partial charge in [-0.05, 0) is 36.2 Å². The highest BCUT2D eigenvalue weighted by Crippen LogP contribution is 2.34. The fourth-order valence-electron chi connectivity index (χ4n) is 3.98. The summed E-state index contributed by atoms with van der Waals surface area (Å²) in [6, 6.07) is 25.9. The Bertz CT molecular complexity index is 1030. The molecule has 0 aliphatic rings. The van der Waals surface area contributed by atoms with Crippen molar-refractivity contribution in [3.63, 3.8) is 0 Å². The zero-order chi connectivity index (χ0) is 19.3. The van der Waals surface area contributed by atoms with Crippen LogP contribution < -0.4 is 9.30 Å². The number of para-hydroxylation sites is 2. The van der Waals surface area contributed by atoms with Crippen LogP contribution in [0.1, 0.15) is 32.6 Å². The molecule has 0 unspecified atom stereocenters. The zero-order valence-electron chi connectivity index (χ0n) is 16.8. The number of unbranched alkanes of at least 4 members (excludes halogenated alkanes) is 3. The van der Waals surface area contributed by atoms with E-state index in [1.807, 2.05) is 0 Å². The van der Waals surface area contributed by atoms with Gasteiger partial charge >= 0.3 is 0 Å². The molecule has 4 rings (SSSR count). The van der Waals surface area contributed by atoms with Crippen LogP contribution in [-0.2, 0) is 7.05 Å². The van der Waals surface area contributed by atoms with Crippen molar-refractivity contribution in [1.29, 1.82) is 0 Å². The molecule has 0 saturated carbocycles. The Kier molecular flexibility index (Phi) is 5.57. The number of fused-ring (bicyclic) bond motifs is 2. The molecule has 1 aromatic heterocycles. The summed E-state index contributed by atoms with van der Waals surface area (Å²) in [5, 5.41) is 2.55. The summed E-state index contributed by atoms with van der Waals surface area (Å²) in [7, 11) is 2.14. The van der Waals surface area contributed by atoms with Gasteiger partial charge in [0.25, 0.3) is 0 Å². The highest BCUT2D eigenvalue weighted by Gasteiger charge is 2.18. The molecule has 142 valence electrons. The second kappa shape index (κ2) is 8.43. The van der Waals surface area contributed by atoms with E-state index >= 15 is 0 Å². The smallest absolute Gasteiger partial charge is 0.213 e. The van der Waals surface area contributed by atoms with E-state index in [4.69, 9.17) is 4.74 Å². The first-order chi connectivity index (χ1) is 13.8. The lowest BCUT2D eigenvalue weighted by Crippen LogP contribution is -2.30. The fraction of sp³-hybridized carbons (Fsp3) is 0.269. The molecule has 2 nitrogen and oxygen atoms in total. The van der Waals surface area contributed by atoms with Crippen LogP contribution in [0.2, 0.25) is 0 Å². The molecule has 0 aliphatic heterocycles. The van der Waals surface area contributed by atoms with Gasteiger partial charge in [0.05, 0.1) is 17.4 Å². The van der Waals surface area contributed by atoms with E-state index in [1.165, 1.54) is 52.2 Å². The van der Waals surface area contributed by atoms with Crippen LogP contribution in [0.25, 0.3) is 32.9 Å². The third-order valence-electron chi connectivity index (χ3n) is 5.48. The minimum Gasteiger partial charge on any atom is -0.494 e. The summed E-state index contributed by atoms with van der Waals surface area (Å²) in [6.07, 6.45) is 4.91. The van der Waals surface area contributed by atoms with E-state index in [2.05, 4.69) is 91.3 Å². The third kappa shape index (κ3) is 3.60. The Morgan fingerprint density at radius 3 is 1.93 bits per heavy atom. The summed E-state index contributed by atoms with van der Waals surface area (Å²) in [6.45, 7) is 3.03. The maximum absolute atomic E-state index is 5.93. The molecule has 0 spiro atoms. The normalized spacial score (nSPS) is 11.2. The molecule has 0 fully saturated rings. The van der Waals surface area contributed by atoms with E-state index in [1.54, 1.807) is 0 Å². The summed E-state index contributed by atoms with van der Waals surface area (Å²) >= 11 is 0. The molecule has 0 saturated heterocycles. The zero-order valence-corrected chi connectivity index (χ0v) is 16.8. The number of hydrogen-bond acceptors (Lipinski definition) is 1. The number of pyridine rings is 1. The van der Waals surface area contributed by atoms with E-state index in [0.717, 1.165) is 18.8 Å². The van der Waals surface area contributed by atoms with Crippen LogP contribution in [0.5, 0.6) is 5.75 Å². The fourth-order valence-corrected chi connectivity index (χ4v) is 3.98. The minimum atomic E-state index is 0.798. The molecule has 0 amide bonds. The Balaban J connectivity index is 1.71. The SMILES string of the molecule is CCCCCCOc1ccc(-c2c3ccccc3[n+](C)c3ccccc23)cc1. The van der Waals surface area contributed by atoms with Gasteiger partial charge in [0.1, 0.15) is 12.8 Å². The summed E-state index contributed by atoms with van der Waals surface area (Å²) in [5.41, 5.74) is 5.00. The van der Waals surface area contributed by atoms with Crippen LogP contribution in [0, 0.1) is 0 Å². The van der Waals surface area contributed by atoms with E-state index < -0.39 is 0 Å². The second-order valence-electron chi connectivity index (χ2n) is 7.40. The van der Waals surface area contributed by atoms with Gasteiger partial charge in [-0.2, -0.15) is 4.57 Å². The van der Waals surface area contributed by atoms with Gasteiger partial charge in [-0.25, -0.2) is 0 Å². The first kappa shape index (κ1) is 18.5. The molecular weight excluding hydrogens is 342 g/mol. The molecule has 0 radical (unpaired) electrons. The lowest BCUT2D eigenvalue weighted by molar-refractivity contribution is -0.617. The summed E-state index contributed by atoms with van der Waals surface area (Å²) in [4.78, 5) is 0. The van der Waals surface area contributed by atoms with Crippen molar-refractivity contribution >= 4 is 21.8 Å². The predicted octanol–water partition coefficient (Wildman–Crippen LogP) is 6.44. The van der Waals surface area contributed by atoms with Gasteiger partial charge < -0.3 is 4.74 Å². The molecule has 4 aromatic rings. The number of rotatable bonds is 7. The van der Waals surface area contributed by atoms with Gasteiger partial charge in [0.15, 0.2) is 0 Å². The largest absolute Gasteiger partial charge is 0.494 e. The van der Waals surface area contributed by atoms with Gasteiger partial charge in [-0.1, -0.05) is 62.6 Å². The average Bonchev–Trinajstić information content (AvgIpc) is 2.75. The number of aromatic nitrogens is 1. The Labute approximate surface area is 167 Å². The molecular formula is C26H28NO+. The molecule has 2 heteroatoms. The van der Waals surface area contributed by atoms with Crippen LogP contribution in [0.4, 0.5) is 0 Å². The number of ether oxygens (including phenoxy) is 1. The van der Waals surface area contributed by atoms with Crippen molar-refractivity contribution in [2.24, 2.45) is 7.05 Å². The minimum absolute atomic E-state index is 0.798. The molecule has 0 N–H and O–H groups in total. The van der Waals surface area contributed by atoms with Crippen LogP contribution in [0.15, 0.2) is 72.8 Å². The highest BCUT2D eigenvalue weighted by atomic mass is 16.5. The highest BCUT2D eigenvalue weighted by molar-refractivity contribution is 6.07. The third-order valence-corrected chi connectivity index (χ3v) is 5.48. The van der Waals surface area contributed by atoms with Crippen LogP contribution >= 0.6 is 0 Å². The second-order valence-corrected chi connectivity index (χ2v) is 7.40. The maximum atomic E-state index is 5.93. The monoisotopic (exact) mass is 370 g/mol. The van der Waals surface area contributed by atoms with E-state index in [0.29, 0.717) is 0 Å². The van der Waals surface area contributed by atoms with Crippen molar-refractivity contribution in [2.45, 2.75) is 32.6 Å². The Hall–Kier alpha value is -2.87.